The fourth-order valence-electron chi connectivity index (χ4n) is 1.40. The van der Waals surface area contributed by atoms with E-state index in [0.29, 0.717) is 0 Å². The third-order valence-corrected chi connectivity index (χ3v) is 3.04. The number of benzene rings is 1. The van der Waals surface area contributed by atoms with Crippen LogP contribution >= 0.6 is 8.03 Å². The average Bonchev–Trinajstić information content (AvgIpc) is 2.26. The van der Waals surface area contributed by atoms with Crippen LogP contribution < -0.4 is 5.30 Å². The van der Waals surface area contributed by atoms with Gasteiger partial charge in [-0.05, 0) is 12.1 Å². The minimum Gasteiger partial charge on any atom is -0.478 e. The second-order valence-electron chi connectivity index (χ2n) is 3.13. The van der Waals surface area contributed by atoms with Gasteiger partial charge in [0.05, 0.1) is 22.0 Å². The maximum atomic E-state index is 11.1. The summed E-state index contributed by atoms with van der Waals surface area (Å²) in [5.41, 5.74) is -2.42. The SMILES string of the molecule is O=C(O)c1ccc(C(=O)O)c([PH](=O)O)c1C(=O)O. The zero-order chi connectivity index (χ0) is 14.0. The molecule has 0 saturated carbocycles. The van der Waals surface area contributed by atoms with E-state index in [1.54, 1.807) is 0 Å². The summed E-state index contributed by atoms with van der Waals surface area (Å²) in [6.07, 6.45) is 0. The van der Waals surface area contributed by atoms with Crippen LogP contribution in [0.15, 0.2) is 12.1 Å². The molecule has 0 aliphatic rings. The van der Waals surface area contributed by atoms with Crippen LogP contribution in [-0.4, -0.2) is 38.1 Å². The van der Waals surface area contributed by atoms with Crippen molar-refractivity contribution in [3.63, 3.8) is 0 Å². The van der Waals surface area contributed by atoms with Gasteiger partial charge in [0.1, 0.15) is 0 Å². The van der Waals surface area contributed by atoms with Crippen molar-refractivity contribution in [3.05, 3.63) is 28.8 Å². The van der Waals surface area contributed by atoms with Gasteiger partial charge in [0.25, 0.3) is 0 Å². The molecule has 1 unspecified atom stereocenters. The molecule has 96 valence electrons. The third kappa shape index (κ3) is 2.39. The van der Waals surface area contributed by atoms with Gasteiger partial charge in [0, 0.05) is 0 Å². The number of carboxylic acids is 3. The highest BCUT2D eigenvalue weighted by Gasteiger charge is 2.27. The molecule has 0 radical (unpaired) electrons. The summed E-state index contributed by atoms with van der Waals surface area (Å²) in [5, 5.41) is 25.5. The minimum atomic E-state index is -3.69. The second-order valence-corrected chi connectivity index (χ2v) is 4.24. The maximum Gasteiger partial charge on any atom is 0.337 e. The van der Waals surface area contributed by atoms with Crippen LogP contribution in [0.25, 0.3) is 0 Å². The summed E-state index contributed by atoms with van der Waals surface area (Å²) in [7, 11) is -3.69. The van der Waals surface area contributed by atoms with E-state index in [4.69, 9.17) is 20.2 Å². The van der Waals surface area contributed by atoms with Crippen LogP contribution in [0.4, 0.5) is 0 Å². The molecular weight excluding hydrogens is 267 g/mol. The van der Waals surface area contributed by atoms with Crippen LogP contribution in [0.5, 0.6) is 0 Å². The molecule has 1 aromatic rings. The molecule has 0 saturated heterocycles. The van der Waals surface area contributed by atoms with Gasteiger partial charge in [-0.3, -0.25) is 4.57 Å². The number of hydrogen-bond acceptors (Lipinski definition) is 4. The lowest BCUT2D eigenvalue weighted by atomic mass is 10.0. The predicted molar refractivity (Wildman–Crippen MR) is 58.2 cm³/mol. The number of carboxylic acid groups (broad SMARTS) is 3. The Morgan fingerprint density at radius 2 is 1.33 bits per heavy atom. The first kappa shape index (κ1) is 13.9. The van der Waals surface area contributed by atoms with Crippen molar-refractivity contribution in [2.45, 2.75) is 0 Å². The molecule has 0 heterocycles. The lowest BCUT2D eigenvalue weighted by Crippen LogP contribution is -2.24. The van der Waals surface area contributed by atoms with Gasteiger partial charge in [0.2, 0.25) is 8.03 Å². The molecule has 0 spiro atoms. The fraction of sp³-hybridized carbons (Fsp3) is 0. The fourth-order valence-corrected chi connectivity index (χ4v) is 2.28. The zero-order valence-corrected chi connectivity index (χ0v) is 9.58. The Morgan fingerprint density at radius 3 is 1.67 bits per heavy atom. The normalized spacial score (nSPS) is 11.8. The standard InChI is InChI=1S/C9H7O8P/c10-7(11)3-1-2-4(8(12)13)6(18(16)17)5(3)9(14)15/h1-2,18H,(H,10,11)(H,12,13)(H,14,15)(H,16,17). The summed E-state index contributed by atoms with van der Waals surface area (Å²) in [5.74, 6) is -5.02. The van der Waals surface area contributed by atoms with Crippen molar-refractivity contribution >= 4 is 31.2 Å². The van der Waals surface area contributed by atoms with Crippen molar-refractivity contribution in [3.8, 4) is 0 Å². The van der Waals surface area contributed by atoms with Crippen LogP contribution in [0.1, 0.15) is 31.1 Å². The lowest BCUT2D eigenvalue weighted by Gasteiger charge is -2.09. The Kier molecular flexibility index (Phi) is 3.85. The third-order valence-electron chi connectivity index (χ3n) is 2.09. The Balaban J connectivity index is 3.82. The van der Waals surface area contributed by atoms with Crippen LogP contribution in [-0.2, 0) is 4.57 Å². The largest absolute Gasteiger partial charge is 0.478 e. The van der Waals surface area contributed by atoms with Crippen molar-refractivity contribution in [2.24, 2.45) is 0 Å². The average molecular weight is 274 g/mol. The summed E-state index contributed by atoms with van der Waals surface area (Å²) < 4.78 is 11.1. The van der Waals surface area contributed by atoms with Crippen LogP contribution in [0, 0.1) is 0 Å². The van der Waals surface area contributed by atoms with Gasteiger partial charge in [-0.15, -0.1) is 0 Å². The molecule has 1 rings (SSSR count). The highest BCUT2D eigenvalue weighted by molar-refractivity contribution is 7.47. The first-order chi connectivity index (χ1) is 8.27. The van der Waals surface area contributed by atoms with Crippen LogP contribution in [0.3, 0.4) is 0 Å². The van der Waals surface area contributed by atoms with Gasteiger partial charge in [0.15, 0.2) is 0 Å². The van der Waals surface area contributed by atoms with E-state index < -0.39 is 47.9 Å². The molecule has 0 aliphatic carbocycles. The molecule has 8 nitrogen and oxygen atoms in total. The van der Waals surface area contributed by atoms with E-state index in [9.17, 15) is 18.9 Å². The second kappa shape index (κ2) is 4.99. The highest BCUT2D eigenvalue weighted by atomic mass is 31.1. The molecule has 1 atom stereocenters. The summed E-state index contributed by atoms with van der Waals surface area (Å²) in [6.45, 7) is 0. The molecule has 4 N–H and O–H groups in total. The number of rotatable bonds is 4. The van der Waals surface area contributed by atoms with E-state index in [1.807, 2.05) is 0 Å². The number of aromatic carboxylic acids is 3. The minimum absolute atomic E-state index is 0.705. The monoisotopic (exact) mass is 274 g/mol. The Hall–Kier alpha value is -2.18. The summed E-state index contributed by atoms with van der Waals surface area (Å²) in [4.78, 5) is 41.6. The summed E-state index contributed by atoms with van der Waals surface area (Å²) in [6, 6.07) is 1.55. The van der Waals surface area contributed by atoms with Gasteiger partial charge >= 0.3 is 17.9 Å². The topological polar surface area (TPSA) is 149 Å². The van der Waals surface area contributed by atoms with E-state index in [0.717, 1.165) is 12.1 Å². The van der Waals surface area contributed by atoms with Crippen molar-refractivity contribution in [1.82, 2.24) is 0 Å². The molecule has 0 amide bonds. The molecule has 18 heavy (non-hydrogen) atoms. The highest BCUT2D eigenvalue weighted by Crippen LogP contribution is 2.23. The number of carbonyl (C=O) groups is 3. The van der Waals surface area contributed by atoms with E-state index in [2.05, 4.69) is 0 Å². The smallest absolute Gasteiger partial charge is 0.337 e. The Labute approximate surface area is 100.0 Å². The first-order valence-corrected chi connectivity index (χ1v) is 5.73. The maximum absolute atomic E-state index is 11.1. The zero-order valence-electron chi connectivity index (χ0n) is 8.58. The van der Waals surface area contributed by atoms with Crippen molar-refractivity contribution in [1.29, 1.82) is 0 Å². The molecule has 0 bridgehead atoms. The van der Waals surface area contributed by atoms with Crippen LogP contribution in [0.2, 0.25) is 0 Å². The molecule has 0 aromatic heterocycles. The first-order valence-electron chi connectivity index (χ1n) is 4.37. The molecule has 9 heteroatoms. The van der Waals surface area contributed by atoms with E-state index >= 15 is 0 Å². The quantitative estimate of drug-likeness (QED) is 0.554. The molecule has 1 aromatic carbocycles. The number of hydrogen-bond donors (Lipinski definition) is 4. The molecule has 0 fully saturated rings. The molecule has 0 aliphatic heterocycles. The predicted octanol–water partition coefficient (Wildman–Crippen LogP) is -0.127. The summed E-state index contributed by atoms with van der Waals surface area (Å²) >= 11 is 0. The Bertz CT molecular complexity index is 525. The van der Waals surface area contributed by atoms with E-state index in [1.165, 1.54) is 0 Å². The van der Waals surface area contributed by atoms with E-state index in [-0.39, 0.29) is 0 Å². The lowest BCUT2D eigenvalue weighted by molar-refractivity contribution is 0.0651. The van der Waals surface area contributed by atoms with Gasteiger partial charge < -0.3 is 20.2 Å². The van der Waals surface area contributed by atoms with Crippen molar-refractivity contribution in [2.75, 3.05) is 0 Å². The molecular formula is C9H7O8P. The van der Waals surface area contributed by atoms with Gasteiger partial charge in [-0.1, -0.05) is 0 Å². The van der Waals surface area contributed by atoms with Gasteiger partial charge in [-0.25, -0.2) is 14.4 Å². The van der Waals surface area contributed by atoms with Crippen molar-refractivity contribution < 1.29 is 39.2 Å². The van der Waals surface area contributed by atoms with Gasteiger partial charge in [-0.2, -0.15) is 0 Å². The Morgan fingerprint density at radius 1 is 0.889 bits per heavy atom.